The summed E-state index contributed by atoms with van der Waals surface area (Å²) < 4.78 is 28.4. The summed E-state index contributed by atoms with van der Waals surface area (Å²) >= 11 is 0. The molecule has 7 heteroatoms. The van der Waals surface area contributed by atoms with Gasteiger partial charge in [-0.05, 0) is 47.7 Å². The maximum Gasteiger partial charge on any atom is 0.259 e. The number of hydrogen-bond donors (Lipinski definition) is 2. The Kier molecular flexibility index (Phi) is 5.42. The number of carbonyl (C=O) groups is 2. The van der Waals surface area contributed by atoms with E-state index >= 15 is 0 Å². The summed E-state index contributed by atoms with van der Waals surface area (Å²) in [5, 5.41) is 10.3. The first-order valence-electron chi connectivity index (χ1n) is 9.81. The van der Waals surface area contributed by atoms with E-state index in [4.69, 9.17) is 5.73 Å². The van der Waals surface area contributed by atoms with Gasteiger partial charge in [0.2, 0.25) is 5.91 Å². The van der Waals surface area contributed by atoms with Gasteiger partial charge in [0.05, 0.1) is 11.6 Å². The molecule has 0 radical (unpaired) electrons. The molecule has 2 amide bonds. The van der Waals surface area contributed by atoms with Crippen LogP contribution in [0.3, 0.4) is 0 Å². The van der Waals surface area contributed by atoms with Crippen LogP contribution in [0, 0.1) is 11.6 Å². The average molecular weight is 422 g/mol. The van der Waals surface area contributed by atoms with Crippen molar-refractivity contribution in [2.24, 2.45) is 5.73 Å². The van der Waals surface area contributed by atoms with Gasteiger partial charge in [0.25, 0.3) is 5.91 Å². The van der Waals surface area contributed by atoms with Crippen LogP contribution in [0.1, 0.15) is 45.6 Å². The van der Waals surface area contributed by atoms with Crippen molar-refractivity contribution in [3.8, 4) is 5.75 Å². The van der Waals surface area contributed by atoms with E-state index in [0.717, 1.165) is 6.07 Å². The van der Waals surface area contributed by atoms with Gasteiger partial charge < -0.3 is 15.7 Å². The van der Waals surface area contributed by atoms with Crippen molar-refractivity contribution in [3.05, 3.63) is 101 Å². The fourth-order valence-electron chi connectivity index (χ4n) is 4.24. The van der Waals surface area contributed by atoms with Gasteiger partial charge in [-0.1, -0.05) is 42.5 Å². The Morgan fingerprint density at radius 3 is 2.39 bits per heavy atom. The topological polar surface area (TPSA) is 83.6 Å². The molecule has 1 aliphatic rings. The smallest absolute Gasteiger partial charge is 0.259 e. The van der Waals surface area contributed by atoms with E-state index < -0.39 is 35.5 Å². The zero-order valence-corrected chi connectivity index (χ0v) is 16.5. The molecule has 5 nitrogen and oxygen atoms in total. The van der Waals surface area contributed by atoms with Crippen LogP contribution in [-0.4, -0.2) is 21.8 Å². The maximum absolute atomic E-state index is 14.4. The summed E-state index contributed by atoms with van der Waals surface area (Å²) in [7, 11) is 0. The van der Waals surface area contributed by atoms with Gasteiger partial charge in [0.1, 0.15) is 23.4 Å². The van der Waals surface area contributed by atoms with Crippen LogP contribution in [0.15, 0.2) is 66.7 Å². The minimum Gasteiger partial charge on any atom is -0.507 e. The average Bonchev–Trinajstić information content (AvgIpc) is 3.16. The fourth-order valence-corrected chi connectivity index (χ4v) is 4.24. The standard InChI is InChI=1S/C24H20F2N2O3/c25-15-12-18-16(19(26)13-15)10-11-20(18)28(24(31)17-8-4-5-9-21(17)29)22(23(27)30)14-6-2-1-3-7-14/h1-9,12-13,20,22,29H,10-11H2,(H2,27,30)/t20-,22-/m1/s1. The molecule has 4 rings (SSSR count). The second-order valence-electron chi connectivity index (χ2n) is 7.46. The highest BCUT2D eigenvalue weighted by Gasteiger charge is 2.41. The third kappa shape index (κ3) is 3.74. The van der Waals surface area contributed by atoms with Gasteiger partial charge >= 0.3 is 0 Å². The number of rotatable bonds is 5. The minimum absolute atomic E-state index is 0.0324. The highest BCUT2D eigenvalue weighted by Crippen LogP contribution is 2.42. The van der Waals surface area contributed by atoms with Gasteiger partial charge in [-0.15, -0.1) is 0 Å². The molecule has 0 saturated carbocycles. The van der Waals surface area contributed by atoms with Gasteiger partial charge in [-0.25, -0.2) is 8.78 Å². The lowest BCUT2D eigenvalue weighted by atomic mass is 9.97. The number of primary amides is 1. The van der Waals surface area contributed by atoms with Crippen LogP contribution < -0.4 is 5.73 Å². The largest absolute Gasteiger partial charge is 0.507 e. The first-order chi connectivity index (χ1) is 14.9. The SMILES string of the molecule is NC(=O)[C@@H](c1ccccc1)N(C(=O)c1ccccc1O)[C@@H]1CCc2c(F)cc(F)cc21. The second-order valence-corrected chi connectivity index (χ2v) is 7.46. The van der Waals surface area contributed by atoms with E-state index in [1.54, 1.807) is 42.5 Å². The predicted molar refractivity (Wildman–Crippen MR) is 110 cm³/mol. The van der Waals surface area contributed by atoms with Crippen LogP contribution >= 0.6 is 0 Å². The molecule has 0 aromatic heterocycles. The summed E-state index contributed by atoms with van der Waals surface area (Å²) in [4.78, 5) is 27.4. The number of nitrogens with zero attached hydrogens (tertiary/aromatic N) is 1. The fraction of sp³-hybridized carbons (Fsp3) is 0.167. The van der Waals surface area contributed by atoms with Crippen molar-refractivity contribution in [1.29, 1.82) is 0 Å². The lowest BCUT2D eigenvalue weighted by molar-refractivity contribution is -0.123. The van der Waals surface area contributed by atoms with Crippen LogP contribution in [-0.2, 0) is 11.2 Å². The van der Waals surface area contributed by atoms with Crippen molar-refractivity contribution >= 4 is 11.8 Å². The molecule has 1 aliphatic carbocycles. The molecular formula is C24H20F2N2O3. The Morgan fingerprint density at radius 1 is 1.03 bits per heavy atom. The number of nitrogens with two attached hydrogens (primary N) is 1. The summed E-state index contributed by atoms with van der Waals surface area (Å²) in [6, 6.07) is 14.4. The van der Waals surface area contributed by atoms with Crippen molar-refractivity contribution in [3.63, 3.8) is 0 Å². The summed E-state index contributed by atoms with van der Waals surface area (Å²) in [5.41, 5.74) is 6.76. The highest BCUT2D eigenvalue weighted by atomic mass is 19.1. The Bertz CT molecular complexity index is 1150. The zero-order chi connectivity index (χ0) is 22.1. The number of halogens is 2. The number of para-hydroxylation sites is 1. The molecule has 3 aromatic carbocycles. The van der Waals surface area contributed by atoms with Crippen LogP contribution in [0.4, 0.5) is 8.78 Å². The zero-order valence-electron chi connectivity index (χ0n) is 16.5. The third-order valence-electron chi connectivity index (χ3n) is 5.59. The number of phenolic OH excluding ortho intramolecular Hbond substituents is 1. The van der Waals surface area contributed by atoms with Crippen LogP contribution in [0.2, 0.25) is 0 Å². The lowest BCUT2D eigenvalue weighted by Crippen LogP contribution is -2.43. The number of fused-ring (bicyclic) bond motifs is 1. The number of benzene rings is 3. The van der Waals surface area contributed by atoms with E-state index in [1.807, 2.05) is 0 Å². The molecule has 3 aromatic rings. The Morgan fingerprint density at radius 2 is 1.71 bits per heavy atom. The number of amides is 2. The first kappa shape index (κ1) is 20.5. The predicted octanol–water partition coefficient (Wildman–Crippen LogP) is 4.03. The number of hydrogen-bond acceptors (Lipinski definition) is 3. The number of carbonyl (C=O) groups excluding carboxylic acids is 2. The minimum atomic E-state index is -1.20. The molecular weight excluding hydrogens is 402 g/mol. The van der Waals surface area contributed by atoms with Crippen LogP contribution in [0.25, 0.3) is 0 Å². The summed E-state index contributed by atoms with van der Waals surface area (Å²) in [5.74, 6) is -3.18. The molecule has 0 heterocycles. The van der Waals surface area contributed by atoms with Crippen molar-refractivity contribution < 1.29 is 23.5 Å². The Balaban J connectivity index is 1.90. The molecule has 2 atom stereocenters. The van der Waals surface area contributed by atoms with Crippen LogP contribution in [0.5, 0.6) is 5.75 Å². The molecule has 0 fully saturated rings. The Labute approximate surface area is 177 Å². The molecule has 0 unspecified atom stereocenters. The maximum atomic E-state index is 14.4. The number of phenols is 1. The quantitative estimate of drug-likeness (QED) is 0.651. The van der Waals surface area contributed by atoms with E-state index in [-0.39, 0.29) is 24.2 Å². The number of aromatic hydroxyl groups is 1. The lowest BCUT2D eigenvalue weighted by Gasteiger charge is -2.36. The second kappa shape index (κ2) is 8.18. The molecule has 0 spiro atoms. The highest BCUT2D eigenvalue weighted by molar-refractivity contribution is 6.00. The van der Waals surface area contributed by atoms with E-state index in [0.29, 0.717) is 16.7 Å². The van der Waals surface area contributed by atoms with Gasteiger partial charge in [-0.2, -0.15) is 0 Å². The van der Waals surface area contributed by atoms with Crippen molar-refractivity contribution in [2.45, 2.75) is 24.9 Å². The monoisotopic (exact) mass is 422 g/mol. The molecule has 31 heavy (non-hydrogen) atoms. The molecule has 0 aliphatic heterocycles. The van der Waals surface area contributed by atoms with Crippen molar-refractivity contribution in [1.82, 2.24) is 4.90 Å². The van der Waals surface area contributed by atoms with Gasteiger partial charge in [-0.3, -0.25) is 9.59 Å². The normalized spacial score (nSPS) is 15.9. The van der Waals surface area contributed by atoms with E-state index in [9.17, 15) is 23.5 Å². The molecule has 158 valence electrons. The third-order valence-corrected chi connectivity index (χ3v) is 5.59. The molecule has 3 N–H and O–H groups in total. The molecule has 0 bridgehead atoms. The molecule has 0 saturated heterocycles. The van der Waals surface area contributed by atoms with Gasteiger partial charge in [0, 0.05) is 6.07 Å². The van der Waals surface area contributed by atoms with Gasteiger partial charge in [0.15, 0.2) is 0 Å². The summed E-state index contributed by atoms with van der Waals surface area (Å²) in [6.45, 7) is 0. The Hall–Kier alpha value is -3.74. The summed E-state index contributed by atoms with van der Waals surface area (Å²) in [6.07, 6.45) is 0.558. The van der Waals surface area contributed by atoms with E-state index in [1.165, 1.54) is 23.1 Å². The van der Waals surface area contributed by atoms with Crippen molar-refractivity contribution in [2.75, 3.05) is 0 Å². The van der Waals surface area contributed by atoms with E-state index in [2.05, 4.69) is 0 Å². The first-order valence-corrected chi connectivity index (χ1v) is 9.81.